The predicted molar refractivity (Wildman–Crippen MR) is 112 cm³/mol. The number of nitrogens with zero attached hydrogens (tertiary/aromatic N) is 3. The molecule has 0 spiro atoms. The molecule has 170 valence electrons. The van der Waals surface area contributed by atoms with Crippen molar-refractivity contribution in [2.24, 2.45) is 5.92 Å². The Morgan fingerprint density at radius 1 is 1.16 bits per heavy atom. The van der Waals surface area contributed by atoms with Crippen LogP contribution in [-0.4, -0.2) is 34.9 Å². The fraction of sp³-hybridized carbons (Fsp3) is 0.478. The lowest BCUT2D eigenvalue weighted by Crippen LogP contribution is -2.34. The van der Waals surface area contributed by atoms with Gasteiger partial charge < -0.3 is 10.2 Å². The number of nitrogens with one attached hydrogen (secondary N) is 1. The molecular weight excluding hydrogens is 421 g/mol. The highest BCUT2D eigenvalue weighted by molar-refractivity contribution is 6.00. The van der Waals surface area contributed by atoms with Crippen molar-refractivity contribution in [2.45, 2.75) is 51.6 Å². The van der Waals surface area contributed by atoms with Gasteiger partial charge in [-0.05, 0) is 44.7 Å². The van der Waals surface area contributed by atoms with E-state index in [1.807, 2.05) is 31.2 Å². The van der Waals surface area contributed by atoms with Crippen LogP contribution >= 0.6 is 0 Å². The van der Waals surface area contributed by atoms with Crippen LogP contribution in [-0.2, 0) is 35.0 Å². The third-order valence-corrected chi connectivity index (χ3v) is 5.99. The molecule has 1 aliphatic carbocycles. The van der Waals surface area contributed by atoms with Gasteiger partial charge in [-0.25, -0.2) is 9.97 Å². The first-order valence-electron chi connectivity index (χ1n) is 10.8. The molecule has 4 rings (SSSR count). The van der Waals surface area contributed by atoms with Crippen LogP contribution in [0.2, 0.25) is 0 Å². The number of rotatable bonds is 5. The van der Waals surface area contributed by atoms with Gasteiger partial charge in [0.05, 0.1) is 5.92 Å². The van der Waals surface area contributed by atoms with Gasteiger partial charge in [-0.2, -0.15) is 13.2 Å². The van der Waals surface area contributed by atoms with Gasteiger partial charge in [-0.15, -0.1) is 0 Å². The molecule has 6 nitrogen and oxygen atoms in total. The third kappa shape index (κ3) is 4.76. The Labute approximate surface area is 184 Å². The zero-order valence-corrected chi connectivity index (χ0v) is 17.8. The summed E-state index contributed by atoms with van der Waals surface area (Å²) in [6, 6.07) is 7.51. The first-order valence-corrected chi connectivity index (χ1v) is 10.8. The topological polar surface area (TPSA) is 75.2 Å². The maximum absolute atomic E-state index is 13.4. The van der Waals surface area contributed by atoms with E-state index in [1.54, 1.807) is 4.90 Å². The first kappa shape index (κ1) is 22.2. The molecule has 1 atom stereocenters. The largest absolute Gasteiger partial charge is 0.433 e. The molecule has 2 aromatic rings. The number of benzene rings is 1. The molecule has 2 heterocycles. The van der Waals surface area contributed by atoms with E-state index in [4.69, 9.17) is 0 Å². The predicted octanol–water partition coefficient (Wildman–Crippen LogP) is 3.39. The number of halogens is 3. The number of aromatic nitrogens is 2. The summed E-state index contributed by atoms with van der Waals surface area (Å²) in [7, 11) is 0. The molecule has 9 heteroatoms. The zero-order valence-electron chi connectivity index (χ0n) is 17.8. The standard InChI is InChI=1S/C23H25F3N4O2/c1-14-6-8-16(9-7-14)30-13-15(12-20(30)31)22(32)27-11-10-19-28-18-5-3-2-4-17(18)21(29-19)23(24,25)26/h6-9,15H,2-5,10-13H2,1H3,(H,27,32). The van der Waals surface area contributed by atoms with Gasteiger partial charge in [-0.1, -0.05) is 17.7 Å². The van der Waals surface area contributed by atoms with Crippen LogP contribution in [0.1, 0.15) is 47.6 Å². The summed E-state index contributed by atoms with van der Waals surface area (Å²) >= 11 is 0. The average Bonchev–Trinajstić information content (AvgIpc) is 3.14. The van der Waals surface area contributed by atoms with Crippen LogP contribution in [0, 0.1) is 12.8 Å². The van der Waals surface area contributed by atoms with Gasteiger partial charge in [0.1, 0.15) is 5.82 Å². The zero-order chi connectivity index (χ0) is 22.9. The van der Waals surface area contributed by atoms with E-state index >= 15 is 0 Å². The number of carbonyl (C=O) groups excluding carboxylic acids is 2. The first-order chi connectivity index (χ1) is 15.2. The van der Waals surface area contributed by atoms with Crippen molar-refractivity contribution in [3.05, 3.63) is 52.6 Å². The van der Waals surface area contributed by atoms with E-state index in [2.05, 4.69) is 15.3 Å². The third-order valence-electron chi connectivity index (χ3n) is 5.99. The van der Waals surface area contributed by atoms with Gasteiger partial charge in [0.25, 0.3) is 0 Å². The average molecular weight is 446 g/mol. The highest BCUT2D eigenvalue weighted by Gasteiger charge is 2.38. The van der Waals surface area contributed by atoms with Crippen LogP contribution < -0.4 is 10.2 Å². The second-order valence-corrected chi connectivity index (χ2v) is 8.40. The number of hydrogen-bond acceptors (Lipinski definition) is 4. The molecule has 1 aromatic carbocycles. The Balaban J connectivity index is 1.37. The van der Waals surface area contributed by atoms with Gasteiger partial charge in [0, 0.05) is 42.9 Å². The molecule has 1 aromatic heterocycles. The minimum absolute atomic E-state index is 0.0852. The smallest absolute Gasteiger partial charge is 0.355 e. The fourth-order valence-corrected chi connectivity index (χ4v) is 4.29. The molecule has 1 N–H and O–H groups in total. The Morgan fingerprint density at radius 2 is 1.88 bits per heavy atom. The number of fused-ring (bicyclic) bond motifs is 1. The molecule has 32 heavy (non-hydrogen) atoms. The molecule has 2 aliphatic rings. The minimum atomic E-state index is -4.52. The van der Waals surface area contributed by atoms with Crippen molar-refractivity contribution in [2.75, 3.05) is 18.0 Å². The van der Waals surface area contributed by atoms with Crippen molar-refractivity contribution in [1.82, 2.24) is 15.3 Å². The second-order valence-electron chi connectivity index (χ2n) is 8.40. The Morgan fingerprint density at radius 3 is 2.59 bits per heavy atom. The normalized spacial score (nSPS) is 18.6. The maximum atomic E-state index is 13.4. The van der Waals surface area contributed by atoms with Crippen molar-refractivity contribution in [3.63, 3.8) is 0 Å². The highest BCUT2D eigenvalue weighted by Crippen LogP contribution is 2.34. The van der Waals surface area contributed by atoms with Crippen molar-refractivity contribution < 1.29 is 22.8 Å². The van der Waals surface area contributed by atoms with E-state index in [0.29, 0.717) is 25.0 Å². The van der Waals surface area contributed by atoms with Crippen LogP contribution in [0.3, 0.4) is 0 Å². The highest BCUT2D eigenvalue weighted by atomic mass is 19.4. The number of anilines is 1. The van der Waals surface area contributed by atoms with Crippen LogP contribution in [0.15, 0.2) is 24.3 Å². The van der Waals surface area contributed by atoms with Gasteiger partial charge in [-0.3, -0.25) is 9.59 Å². The van der Waals surface area contributed by atoms with E-state index in [1.165, 1.54) is 0 Å². The summed E-state index contributed by atoms with van der Waals surface area (Å²) in [6.07, 6.45) is -1.95. The quantitative estimate of drug-likeness (QED) is 0.764. The molecule has 1 saturated heterocycles. The van der Waals surface area contributed by atoms with Gasteiger partial charge in [0.2, 0.25) is 11.8 Å². The molecule has 1 fully saturated rings. The number of amides is 2. The summed E-state index contributed by atoms with van der Waals surface area (Å²) in [4.78, 5) is 34.6. The Kier molecular flexibility index (Phi) is 6.17. The molecule has 1 unspecified atom stereocenters. The monoisotopic (exact) mass is 446 g/mol. The summed E-state index contributed by atoms with van der Waals surface area (Å²) < 4.78 is 40.3. The molecule has 2 amide bonds. The van der Waals surface area contributed by atoms with Crippen molar-refractivity contribution in [3.8, 4) is 0 Å². The summed E-state index contributed by atoms with van der Waals surface area (Å²) in [5.41, 5.74) is 1.65. The van der Waals surface area contributed by atoms with E-state index in [0.717, 1.165) is 17.7 Å². The lowest BCUT2D eigenvalue weighted by Gasteiger charge is -2.20. The van der Waals surface area contributed by atoms with Crippen molar-refractivity contribution >= 4 is 17.5 Å². The number of alkyl halides is 3. The van der Waals surface area contributed by atoms with E-state index < -0.39 is 17.8 Å². The van der Waals surface area contributed by atoms with E-state index in [-0.39, 0.29) is 49.1 Å². The Hall–Kier alpha value is -2.97. The summed E-state index contributed by atoms with van der Waals surface area (Å²) in [6.45, 7) is 2.35. The maximum Gasteiger partial charge on any atom is 0.433 e. The van der Waals surface area contributed by atoms with Gasteiger partial charge >= 0.3 is 6.18 Å². The molecule has 0 radical (unpaired) electrons. The fourth-order valence-electron chi connectivity index (χ4n) is 4.29. The lowest BCUT2D eigenvalue weighted by atomic mass is 9.94. The SMILES string of the molecule is Cc1ccc(N2CC(C(=O)NCCc3nc4c(c(C(F)(F)F)n3)CCCC4)CC2=O)cc1. The molecular formula is C23H25F3N4O2. The summed E-state index contributed by atoms with van der Waals surface area (Å²) in [5.74, 6) is -0.829. The van der Waals surface area contributed by atoms with E-state index in [9.17, 15) is 22.8 Å². The van der Waals surface area contributed by atoms with Crippen molar-refractivity contribution in [1.29, 1.82) is 0 Å². The Bertz CT molecular complexity index is 1020. The number of hydrogen-bond donors (Lipinski definition) is 1. The van der Waals surface area contributed by atoms with Crippen LogP contribution in [0.5, 0.6) is 0 Å². The molecule has 0 saturated carbocycles. The second kappa shape index (κ2) is 8.88. The number of carbonyl (C=O) groups is 2. The lowest BCUT2D eigenvalue weighted by molar-refractivity contribution is -0.142. The van der Waals surface area contributed by atoms with Crippen LogP contribution in [0.4, 0.5) is 18.9 Å². The number of aryl methyl sites for hydroxylation is 2. The van der Waals surface area contributed by atoms with Crippen LogP contribution in [0.25, 0.3) is 0 Å². The molecule has 1 aliphatic heterocycles. The molecule has 0 bridgehead atoms. The summed E-state index contributed by atoms with van der Waals surface area (Å²) in [5, 5.41) is 2.73. The minimum Gasteiger partial charge on any atom is -0.355 e. The van der Waals surface area contributed by atoms with Gasteiger partial charge in [0.15, 0.2) is 5.69 Å².